The number of aromatic hydroxyl groups is 1. The highest BCUT2D eigenvalue weighted by atomic mass is 35.5. The summed E-state index contributed by atoms with van der Waals surface area (Å²) in [6.07, 6.45) is 0. The molecule has 1 aromatic carbocycles. The molecule has 3 N–H and O–H groups in total. The monoisotopic (exact) mass is 317 g/mol. The highest BCUT2D eigenvalue weighted by molar-refractivity contribution is 6.47. The van der Waals surface area contributed by atoms with Gasteiger partial charge in [-0.3, -0.25) is 0 Å². The van der Waals surface area contributed by atoms with Gasteiger partial charge in [-0.15, -0.1) is 0 Å². The molecule has 1 aliphatic rings. The minimum atomic E-state index is -0.688. The average Bonchev–Trinajstić information content (AvgIpc) is 2.52. The van der Waals surface area contributed by atoms with Crippen LogP contribution >= 0.6 is 23.2 Å². The first kappa shape index (κ1) is 15.9. The van der Waals surface area contributed by atoms with Gasteiger partial charge >= 0.3 is 7.12 Å². The van der Waals surface area contributed by atoms with E-state index in [0.717, 1.165) is 0 Å². The second-order valence-corrected chi connectivity index (χ2v) is 6.82. The molecule has 1 saturated heterocycles. The number of halogens is 2. The third-order valence-electron chi connectivity index (χ3n) is 3.98. The van der Waals surface area contributed by atoms with Crippen LogP contribution in [0.5, 0.6) is 5.75 Å². The SMILES string of the molecule is CC1(C)OB([C@@H](N)c2cc(Cl)cc(Cl)c2O)OC1(C)C. The first-order valence-electron chi connectivity index (χ1n) is 6.34. The minimum absolute atomic E-state index is 0.0988. The van der Waals surface area contributed by atoms with Gasteiger partial charge in [-0.05, 0) is 39.8 Å². The first-order chi connectivity index (χ1) is 9.05. The maximum atomic E-state index is 10.0. The Labute approximate surface area is 129 Å². The van der Waals surface area contributed by atoms with Crippen LogP contribution in [-0.2, 0) is 9.31 Å². The van der Waals surface area contributed by atoms with Gasteiger partial charge in [0.2, 0.25) is 0 Å². The molecule has 0 bridgehead atoms. The number of phenols is 1. The summed E-state index contributed by atoms with van der Waals surface area (Å²) in [7, 11) is -0.680. The molecular formula is C13H18BCl2NO3. The molecule has 0 aliphatic carbocycles. The lowest BCUT2D eigenvalue weighted by Gasteiger charge is -2.32. The normalized spacial score (nSPS) is 22.1. The van der Waals surface area contributed by atoms with Gasteiger partial charge in [0, 0.05) is 10.6 Å². The van der Waals surface area contributed by atoms with E-state index in [1.807, 2.05) is 27.7 Å². The molecule has 0 saturated carbocycles. The second kappa shape index (κ2) is 5.07. The molecule has 4 nitrogen and oxygen atoms in total. The number of benzene rings is 1. The zero-order chi connectivity index (χ0) is 15.3. The van der Waals surface area contributed by atoms with Crippen LogP contribution in [0.4, 0.5) is 0 Å². The van der Waals surface area contributed by atoms with Crippen LogP contribution < -0.4 is 5.73 Å². The van der Waals surface area contributed by atoms with Gasteiger partial charge in [0.1, 0.15) is 5.75 Å². The molecule has 0 amide bonds. The lowest BCUT2D eigenvalue weighted by atomic mass is 9.74. The number of rotatable bonds is 2. The topological polar surface area (TPSA) is 64.7 Å². The van der Waals surface area contributed by atoms with E-state index >= 15 is 0 Å². The van der Waals surface area contributed by atoms with Crippen molar-refractivity contribution in [3.05, 3.63) is 27.7 Å². The van der Waals surface area contributed by atoms with E-state index in [1.165, 1.54) is 6.07 Å². The van der Waals surface area contributed by atoms with Crippen molar-refractivity contribution in [3.8, 4) is 5.75 Å². The Morgan fingerprint density at radius 3 is 2.15 bits per heavy atom. The van der Waals surface area contributed by atoms with Crippen LogP contribution in [-0.4, -0.2) is 23.4 Å². The molecule has 0 spiro atoms. The Hall–Kier alpha value is -0.455. The van der Waals surface area contributed by atoms with Crippen LogP contribution in [0.15, 0.2) is 12.1 Å². The fourth-order valence-electron chi connectivity index (χ4n) is 2.02. The third kappa shape index (κ3) is 2.65. The maximum absolute atomic E-state index is 10.0. The van der Waals surface area contributed by atoms with Gasteiger partial charge < -0.3 is 20.1 Å². The largest absolute Gasteiger partial charge is 0.506 e. The van der Waals surface area contributed by atoms with Crippen molar-refractivity contribution in [2.24, 2.45) is 5.73 Å². The van der Waals surface area contributed by atoms with Gasteiger partial charge in [-0.2, -0.15) is 0 Å². The first-order valence-corrected chi connectivity index (χ1v) is 7.10. The summed E-state index contributed by atoms with van der Waals surface area (Å²) >= 11 is 11.9. The van der Waals surface area contributed by atoms with Crippen LogP contribution in [0.1, 0.15) is 39.2 Å². The predicted octanol–water partition coefficient (Wildman–Crippen LogP) is 3.33. The van der Waals surface area contributed by atoms with Crippen LogP contribution in [0.25, 0.3) is 0 Å². The summed E-state index contributed by atoms with van der Waals surface area (Å²) in [5.74, 6) is -0.787. The van der Waals surface area contributed by atoms with E-state index in [-0.39, 0.29) is 10.8 Å². The molecule has 0 radical (unpaired) electrons. The van der Waals surface area contributed by atoms with E-state index in [2.05, 4.69) is 0 Å². The molecule has 110 valence electrons. The van der Waals surface area contributed by atoms with E-state index in [0.29, 0.717) is 10.6 Å². The molecule has 1 aromatic rings. The van der Waals surface area contributed by atoms with Gasteiger partial charge in [-0.25, -0.2) is 0 Å². The smallest absolute Gasteiger partial charge is 0.480 e. The Balaban J connectivity index is 2.32. The number of hydrogen-bond acceptors (Lipinski definition) is 4. The van der Waals surface area contributed by atoms with Crippen LogP contribution in [0.2, 0.25) is 10.0 Å². The molecule has 0 aromatic heterocycles. The fraction of sp³-hybridized carbons (Fsp3) is 0.538. The maximum Gasteiger partial charge on any atom is 0.480 e. The van der Waals surface area contributed by atoms with E-state index < -0.39 is 24.3 Å². The third-order valence-corrected chi connectivity index (χ3v) is 4.49. The number of hydrogen-bond donors (Lipinski definition) is 2. The Bertz CT molecular complexity index is 521. The molecular weight excluding hydrogens is 300 g/mol. The highest BCUT2D eigenvalue weighted by Gasteiger charge is 2.53. The Morgan fingerprint density at radius 1 is 1.15 bits per heavy atom. The van der Waals surface area contributed by atoms with Crippen molar-refractivity contribution in [3.63, 3.8) is 0 Å². The zero-order valence-electron chi connectivity index (χ0n) is 11.9. The molecule has 7 heteroatoms. The average molecular weight is 318 g/mol. The van der Waals surface area contributed by atoms with E-state index in [9.17, 15) is 5.11 Å². The zero-order valence-corrected chi connectivity index (χ0v) is 13.4. The minimum Gasteiger partial charge on any atom is -0.506 e. The standard InChI is InChI=1S/C13H18BCl2NO3/c1-12(2)13(3,4)20-14(19-12)11(17)8-5-7(15)6-9(16)10(8)18/h5-6,11,18H,17H2,1-4H3/t11-/m0/s1. The summed E-state index contributed by atoms with van der Waals surface area (Å²) in [5, 5.41) is 10.6. The summed E-state index contributed by atoms with van der Waals surface area (Å²) in [5.41, 5.74) is 5.57. The van der Waals surface area contributed by atoms with E-state index in [1.54, 1.807) is 6.07 Å². The van der Waals surface area contributed by atoms with Gasteiger partial charge in [0.25, 0.3) is 0 Å². The van der Waals surface area contributed by atoms with Gasteiger partial charge in [-0.1, -0.05) is 23.2 Å². The van der Waals surface area contributed by atoms with Crippen molar-refractivity contribution in [2.45, 2.75) is 44.8 Å². The number of nitrogens with two attached hydrogens (primary N) is 1. The second-order valence-electron chi connectivity index (χ2n) is 5.98. The van der Waals surface area contributed by atoms with Crippen molar-refractivity contribution >= 4 is 30.3 Å². The van der Waals surface area contributed by atoms with Crippen LogP contribution in [0, 0.1) is 0 Å². The molecule has 1 fully saturated rings. The quantitative estimate of drug-likeness (QED) is 0.821. The van der Waals surface area contributed by atoms with Crippen molar-refractivity contribution in [2.75, 3.05) is 0 Å². The molecule has 1 atom stereocenters. The highest BCUT2D eigenvalue weighted by Crippen LogP contribution is 2.42. The molecule has 20 heavy (non-hydrogen) atoms. The Morgan fingerprint density at radius 2 is 1.65 bits per heavy atom. The Kier molecular flexibility index (Phi) is 4.04. The summed E-state index contributed by atoms with van der Waals surface area (Å²) < 4.78 is 11.7. The predicted molar refractivity (Wildman–Crippen MR) is 81.1 cm³/mol. The summed E-state index contributed by atoms with van der Waals surface area (Å²) in [6.45, 7) is 7.74. The fourth-order valence-corrected chi connectivity index (χ4v) is 2.53. The van der Waals surface area contributed by atoms with Gasteiger partial charge in [0.05, 0.1) is 22.2 Å². The molecule has 0 unspecified atom stereocenters. The summed E-state index contributed by atoms with van der Waals surface area (Å²) in [6, 6.07) is 3.03. The summed E-state index contributed by atoms with van der Waals surface area (Å²) in [4.78, 5) is 0. The molecule has 1 heterocycles. The lowest BCUT2D eigenvalue weighted by molar-refractivity contribution is 0.00578. The van der Waals surface area contributed by atoms with Gasteiger partial charge in [0.15, 0.2) is 0 Å². The molecule has 1 aliphatic heterocycles. The molecule has 2 rings (SSSR count). The lowest BCUT2D eigenvalue weighted by Crippen LogP contribution is -2.41. The van der Waals surface area contributed by atoms with E-state index in [4.69, 9.17) is 38.2 Å². The van der Waals surface area contributed by atoms with Crippen molar-refractivity contribution < 1.29 is 14.4 Å². The van der Waals surface area contributed by atoms with Crippen LogP contribution in [0.3, 0.4) is 0 Å². The van der Waals surface area contributed by atoms with Crippen molar-refractivity contribution in [1.82, 2.24) is 0 Å². The number of phenolic OH excluding ortho intramolecular Hbond substituents is 1. The van der Waals surface area contributed by atoms with Crippen molar-refractivity contribution in [1.29, 1.82) is 0 Å².